The molecular weight excluding hydrogens is 826 g/mol. The van der Waals surface area contributed by atoms with Gasteiger partial charge in [0.1, 0.15) is 0 Å². The minimum atomic E-state index is -9.01. The van der Waals surface area contributed by atoms with E-state index in [4.69, 9.17) is 0 Å². The predicted molar refractivity (Wildman–Crippen MR) is 103 cm³/mol. The first-order valence-corrected chi connectivity index (χ1v) is 14.3. The van der Waals surface area contributed by atoms with Gasteiger partial charge in [0, 0.05) is 25.7 Å². The van der Waals surface area contributed by atoms with Crippen molar-refractivity contribution < 1.29 is 131 Å². The van der Waals surface area contributed by atoms with Gasteiger partial charge in [0.2, 0.25) is 19.7 Å². The lowest BCUT2D eigenvalue weighted by molar-refractivity contribution is -0.391. The molecule has 0 aliphatic rings. The van der Waals surface area contributed by atoms with E-state index in [0.717, 1.165) is 0 Å². The van der Waals surface area contributed by atoms with Gasteiger partial charge in [0.25, 0.3) is 0 Å². The normalized spacial score (nSPS) is 16.7. The Bertz CT molecular complexity index is 1300. The number of sulfone groups is 2. The van der Waals surface area contributed by atoms with Crippen molar-refractivity contribution in [1.82, 2.24) is 0 Å². The maximum atomic E-state index is 14.0. The minimum absolute atomic E-state index is 3.30. The molecule has 0 bridgehead atoms. The van der Waals surface area contributed by atoms with E-state index in [-0.39, 0.29) is 0 Å². The van der Waals surface area contributed by atoms with Crippen molar-refractivity contribution in [3.8, 4) is 0 Å². The second-order valence-corrected chi connectivity index (χ2v) is 13.9. The lowest BCUT2D eigenvalue weighted by Crippen LogP contribution is -2.70. The highest BCUT2D eigenvalue weighted by Crippen LogP contribution is 2.62. The van der Waals surface area contributed by atoms with Gasteiger partial charge in [-0.25, -0.2) is 16.8 Å². The second kappa shape index (κ2) is 12.3. The first kappa shape index (κ1) is 47.1. The Hall–Kier alpha value is -1.92. The van der Waals surface area contributed by atoms with Crippen LogP contribution in [0.15, 0.2) is 0 Å². The Labute approximate surface area is 252 Å². The van der Waals surface area contributed by atoms with E-state index in [1.807, 2.05) is 0 Å². The summed E-state index contributed by atoms with van der Waals surface area (Å²) in [6.45, 7) is 0. The van der Waals surface area contributed by atoms with Crippen LogP contribution in [0.1, 0.15) is 25.7 Å². The fraction of sp³-hybridized carbons (Fsp3) is 1.00. The van der Waals surface area contributed by atoms with Gasteiger partial charge in [-0.1, -0.05) is 0 Å². The zero-order valence-electron chi connectivity index (χ0n) is 21.8. The van der Waals surface area contributed by atoms with Gasteiger partial charge in [-0.2, -0.15) is 114 Å². The number of halogens is 26. The van der Waals surface area contributed by atoms with Crippen molar-refractivity contribution in [3.05, 3.63) is 0 Å². The van der Waals surface area contributed by atoms with E-state index in [1.165, 1.54) is 0 Å². The lowest BCUT2D eigenvalue weighted by atomic mass is 9.95. The van der Waals surface area contributed by atoms with Crippen molar-refractivity contribution in [2.75, 3.05) is 5.08 Å². The van der Waals surface area contributed by atoms with E-state index in [9.17, 15) is 131 Å². The average Bonchev–Trinajstić information content (AvgIpc) is 2.83. The molecule has 0 rings (SSSR count). The lowest BCUT2D eigenvalue weighted by Gasteiger charge is -2.40. The summed E-state index contributed by atoms with van der Waals surface area (Å²) in [5.41, 5.74) is 0. The Morgan fingerprint density at radius 2 is 0.490 bits per heavy atom. The summed E-state index contributed by atoms with van der Waals surface area (Å²) in [5, 5.41) is -22.4. The SMILES string of the molecule is O=S(=O)(CS(=O)(=O)C(F)(F)C(F)(F)C(F)(F)C(F)(F)C(F)(F)CCC(F)(F)F)C(F)(F)C(F)(F)C(F)(F)C(F)(F)C(F)(F)CCC(F)(F)F. The Morgan fingerprint density at radius 3 is 0.673 bits per heavy atom. The first-order chi connectivity index (χ1) is 20.6. The maximum absolute atomic E-state index is 14.0. The molecule has 0 atom stereocenters. The highest BCUT2D eigenvalue weighted by Gasteiger charge is 2.91. The summed E-state index contributed by atoms with van der Waals surface area (Å²) >= 11 is 0. The summed E-state index contributed by atoms with van der Waals surface area (Å²) in [4.78, 5) is 0. The van der Waals surface area contributed by atoms with Crippen molar-refractivity contribution in [3.63, 3.8) is 0 Å². The molecule has 0 aromatic heterocycles. The molecule has 0 aliphatic heterocycles. The molecule has 0 aromatic carbocycles. The zero-order chi connectivity index (χ0) is 40.5. The Kier molecular flexibility index (Phi) is 11.9. The van der Waals surface area contributed by atoms with E-state index >= 15 is 0 Å². The van der Waals surface area contributed by atoms with Crippen LogP contribution in [0.2, 0.25) is 0 Å². The third-order valence-corrected chi connectivity index (χ3v) is 10.3. The van der Waals surface area contributed by atoms with Gasteiger partial charge in [-0.3, -0.25) is 0 Å². The summed E-state index contributed by atoms with van der Waals surface area (Å²) in [6.07, 6.45) is -26.0. The van der Waals surface area contributed by atoms with E-state index in [0.29, 0.717) is 0 Å². The molecule has 0 saturated carbocycles. The largest absolute Gasteiger partial charge is 0.414 e. The molecule has 0 spiro atoms. The van der Waals surface area contributed by atoms with Gasteiger partial charge < -0.3 is 0 Å². The van der Waals surface area contributed by atoms with E-state index < -0.39 is 121 Å². The van der Waals surface area contributed by atoms with Gasteiger partial charge in [0.15, 0.2) is 5.08 Å². The van der Waals surface area contributed by atoms with Crippen LogP contribution in [-0.2, 0) is 19.7 Å². The smallest absolute Gasteiger partial charge is 0.221 e. The fourth-order valence-electron chi connectivity index (χ4n) is 2.87. The molecule has 0 saturated heterocycles. The van der Waals surface area contributed by atoms with Crippen LogP contribution < -0.4 is 0 Å². The summed E-state index contributed by atoms with van der Waals surface area (Å²) < 4.78 is 393. The standard InChI is InChI=1S/C17H10F26O4S2/c18-6(19,1-3-8(22,23)24)10(28,29)12(32,33)14(36,37)16(40,41)48(44,45)5-49(46,47)17(42,43)15(38,39)13(34,35)11(30,31)7(20,21)2-4-9(25,26)27/h1-5H2. The topological polar surface area (TPSA) is 68.3 Å². The summed E-state index contributed by atoms with van der Waals surface area (Å²) in [7, 11) is -18.0. The molecule has 4 nitrogen and oxygen atoms in total. The molecule has 32 heteroatoms. The van der Waals surface area contributed by atoms with Crippen LogP contribution in [0.3, 0.4) is 0 Å². The zero-order valence-corrected chi connectivity index (χ0v) is 23.4. The number of alkyl halides is 26. The molecule has 0 heterocycles. The number of hydrogen-bond donors (Lipinski definition) is 0. The molecule has 0 N–H and O–H groups in total. The second-order valence-electron chi connectivity index (χ2n) is 9.47. The van der Waals surface area contributed by atoms with Gasteiger partial charge in [-0.05, 0) is 0 Å². The van der Waals surface area contributed by atoms with Crippen LogP contribution in [0, 0.1) is 0 Å². The summed E-state index contributed by atoms with van der Waals surface area (Å²) in [5.74, 6) is -66.1. The highest BCUT2D eigenvalue weighted by molar-refractivity contribution is 8.09. The third-order valence-electron chi connectivity index (χ3n) is 5.76. The molecule has 0 unspecified atom stereocenters. The maximum Gasteiger partial charge on any atom is 0.414 e. The minimum Gasteiger partial charge on any atom is -0.221 e. The molecule has 49 heavy (non-hydrogen) atoms. The average molecular weight is 836 g/mol. The quantitative estimate of drug-likeness (QED) is 0.146. The number of rotatable bonds is 16. The predicted octanol–water partition coefficient (Wildman–Crippen LogP) is 8.73. The van der Waals surface area contributed by atoms with E-state index in [1.54, 1.807) is 0 Å². The van der Waals surface area contributed by atoms with Crippen molar-refractivity contribution >= 4 is 19.7 Å². The molecular formula is C17H10F26O4S2. The number of hydrogen-bond acceptors (Lipinski definition) is 4. The third kappa shape index (κ3) is 7.66. The molecule has 0 aromatic rings. The molecule has 0 amide bonds. The fourth-order valence-corrected chi connectivity index (χ4v) is 6.73. The van der Waals surface area contributed by atoms with Crippen molar-refractivity contribution in [2.24, 2.45) is 0 Å². The Balaban J connectivity index is 7.02. The summed E-state index contributed by atoms with van der Waals surface area (Å²) in [6, 6.07) is 0. The van der Waals surface area contributed by atoms with Crippen LogP contribution >= 0.6 is 0 Å². The highest BCUT2D eigenvalue weighted by atomic mass is 32.3. The molecule has 0 radical (unpaired) electrons. The van der Waals surface area contributed by atoms with Crippen LogP contribution in [0.5, 0.6) is 0 Å². The van der Waals surface area contributed by atoms with Crippen LogP contribution in [-0.4, -0.2) is 92.2 Å². The first-order valence-electron chi connectivity index (χ1n) is 11.0. The molecule has 296 valence electrons. The van der Waals surface area contributed by atoms with E-state index in [2.05, 4.69) is 0 Å². The molecule has 0 aliphatic carbocycles. The van der Waals surface area contributed by atoms with Crippen molar-refractivity contribution in [2.45, 2.75) is 95.9 Å². The molecule has 0 fully saturated rings. The Morgan fingerprint density at radius 1 is 0.286 bits per heavy atom. The van der Waals surface area contributed by atoms with Gasteiger partial charge in [0.05, 0.1) is 0 Å². The van der Waals surface area contributed by atoms with Crippen LogP contribution in [0.4, 0.5) is 114 Å². The van der Waals surface area contributed by atoms with Crippen molar-refractivity contribution in [1.29, 1.82) is 0 Å². The van der Waals surface area contributed by atoms with Crippen LogP contribution in [0.25, 0.3) is 0 Å². The van der Waals surface area contributed by atoms with Gasteiger partial charge in [-0.15, -0.1) is 0 Å². The monoisotopic (exact) mass is 836 g/mol. The van der Waals surface area contributed by atoms with Gasteiger partial charge >= 0.3 is 70.2 Å².